The minimum Gasteiger partial charge on any atom is -0.494 e. The van der Waals surface area contributed by atoms with Gasteiger partial charge in [0.1, 0.15) is 45.6 Å². The first-order valence-electron chi connectivity index (χ1n) is 23.2. The molecule has 3 amide bonds. The molecule has 68 heavy (non-hydrogen) atoms. The van der Waals surface area contributed by atoms with E-state index >= 15 is 0 Å². The van der Waals surface area contributed by atoms with E-state index in [1.807, 2.05) is 67.2 Å². The second kappa shape index (κ2) is 19.8. The number of primary amides is 1. The highest BCUT2D eigenvalue weighted by Crippen LogP contribution is 2.33. The number of hydrogen-bond donors (Lipinski definition) is 4. The van der Waals surface area contributed by atoms with Crippen molar-refractivity contribution < 1.29 is 23.9 Å². The molecule has 0 bridgehead atoms. The maximum Gasteiger partial charge on any atom is 0.276 e. The van der Waals surface area contributed by atoms with Crippen molar-refractivity contribution in [2.45, 2.75) is 92.1 Å². The zero-order chi connectivity index (χ0) is 47.5. The Kier molecular flexibility index (Phi) is 13.3. The number of ether oxygens (including phenoxy) is 2. The normalized spacial score (nSPS) is 14.5. The first-order chi connectivity index (χ1) is 33.0. The average Bonchev–Trinajstić information content (AvgIpc) is 4.18. The van der Waals surface area contributed by atoms with Gasteiger partial charge in [0.2, 0.25) is 17.8 Å². The van der Waals surface area contributed by atoms with E-state index in [1.165, 1.54) is 0 Å². The fraction of sp³-hybridized carbons (Fsp3) is 0.426. The number of nitrogens with zero attached hydrogens (tertiary/aromatic N) is 12. The molecule has 0 aliphatic carbocycles. The number of imidazole rings is 2. The number of aromatic nitrogens is 11. The number of likely N-dealkylation sites (tertiary alicyclic amines) is 1. The van der Waals surface area contributed by atoms with Crippen LogP contribution in [0.15, 0.2) is 54.6 Å². The molecule has 0 radical (unpaired) electrons. The summed E-state index contributed by atoms with van der Waals surface area (Å²) in [4.78, 5) is 52.4. The minimum atomic E-state index is -0.632. The molecule has 1 saturated heterocycles. The van der Waals surface area contributed by atoms with Crippen molar-refractivity contribution in [1.29, 1.82) is 0 Å². The van der Waals surface area contributed by atoms with Crippen LogP contribution in [0.1, 0.15) is 93.4 Å². The zero-order valence-corrected chi connectivity index (χ0v) is 39.2. The van der Waals surface area contributed by atoms with Crippen molar-refractivity contribution in [3.05, 3.63) is 94.6 Å². The van der Waals surface area contributed by atoms with Gasteiger partial charge in [-0.05, 0) is 96.4 Å². The standard InChI is InChI=1S/C47H58N16O5/c1-6-62-35(24-29(3)56-62)44(65)52-46-50-33-12-10-13-37(67-5)40(33)60(46)18-8-9-19-61-41-34(51-47(61)53-45(66)36-25-30(4)57-63(36)7-2)26-32(42(48)64)27-38(41)68-23-11-17-58-20-14-31(15-21-58)43-55-54-39-28-49-16-22-59(39)43/h8-10,12-13,24-27,31,49H,6-7,11,14-23,28H2,1-5H3,(H2,48,64)(H,50,52,65)(H,51,53,66)/b9-8+. The fourth-order valence-corrected chi connectivity index (χ4v) is 9.28. The van der Waals surface area contributed by atoms with Crippen LogP contribution in [0.25, 0.3) is 22.1 Å². The molecule has 0 spiro atoms. The maximum absolute atomic E-state index is 13.9. The highest BCUT2D eigenvalue weighted by atomic mass is 16.5. The molecule has 2 aliphatic rings. The summed E-state index contributed by atoms with van der Waals surface area (Å²) in [5.74, 6) is 2.70. The number of carbonyl (C=O) groups is 3. The van der Waals surface area contributed by atoms with E-state index in [4.69, 9.17) is 25.2 Å². The summed E-state index contributed by atoms with van der Waals surface area (Å²) in [6, 6.07) is 12.3. The van der Waals surface area contributed by atoms with Crippen molar-refractivity contribution in [2.24, 2.45) is 5.73 Å². The monoisotopic (exact) mass is 926 g/mol. The average molecular weight is 927 g/mol. The molecule has 5 N–H and O–H groups in total. The molecule has 7 heterocycles. The molecule has 0 unspecified atom stereocenters. The first kappa shape index (κ1) is 45.8. The van der Waals surface area contributed by atoms with Crippen molar-refractivity contribution in [3.8, 4) is 11.5 Å². The van der Waals surface area contributed by atoms with E-state index < -0.39 is 11.8 Å². The van der Waals surface area contributed by atoms with Crippen LogP contribution in [0.2, 0.25) is 0 Å². The Morgan fingerprint density at radius 2 is 1.46 bits per heavy atom. The van der Waals surface area contributed by atoms with Gasteiger partial charge in [-0.3, -0.25) is 34.4 Å². The van der Waals surface area contributed by atoms with E-state index in [0.717, 1.165) is 75.9 Å². The van der Waals surface area contributed by atoms with Crippen LogP contribution in [0.5, 0.6) is 11.5 Å². The quantitative estimate of drug-likeness (QED) is 0.0679. The molecule has 0 atom stereocenters. The van der Waals surface area contributed by atoms with Crippen molar-refractivity contribution in [1.82, 2.24) is 63.6 Å². The highest BCUT2D eigenvalue weighted by Gasteiger charge is 2.28. The number of nitrogens with two attached hydrogens (primary N) is 1. The van der Waals surface area contributed by atoms with Gasteiger partial charge in [-0.2, -0.15) is 10.2 Å². The topological polar surface area (TPSA) is 237 Å². The zero-order valence-electron chi connectivity index (χ0n) is 39.2. The Morgan fingerprint density at radius 3 is 2.07 bits per heavy atom. The molecule has 7 aromatic rings. The Morgan fingerprint density at radius 1 is 0.824 bits per heavy atom. The Labute approximate surface area is 392 Å². The van der Waals surface area contributed by atoms with Crippen LogP contribution in [0.4, 0.5) is 11.9 Å². The van der Waals surface area contributed by atoms with E-state index in [1.54, 1.807) is 40.7 Å². The predicted octanol–water partition coefficient (Wildman–Crippen LogP) is 4.65. The van der Waals surface area contributed by atoms with Crippen LogP contribution in [-0.2, 0) is 39.3 Å². The van der Waals surface area contributed by atoms with Crippen LogP contribution in [-0.4, -0.2) is 116 Å². The van der Waals surface area contributed by atoms with Crippen LogP contribution < -0.4 is 31.2 Å². The summed E-state index contributed by atoms with van der Waals surface area (Å²) in [5, 5.41) is 27.3. The first-order valence-corrected chi connectivity index (χ1v) is 23.2. The number of fused-ring (bicyclic) bond motifs is 3. The third-order valence-corrected chi connectivity index (χ3v) is 12.6. The number of benzene rings is 2. The third kappa shape index (κ3) is 9.30. The Bertz CT molecular complexity index is 3020. The van der Waals surface area contributed by atoms with Gasteiger partial charge in [0.25, 0.3) is 11.8 Å². The van der Waals surface area contributed by atoms with E-state index in [0.29, 0.717) is 82.2 Å². The lowest BCUT2D eigenvalue weighted by Crippen LogP contribution is -2.36. The van der Waals surface area contributed by atoms with Gasteiger partial charge >= 0.3 is 0 Å². The highest BCUT2D eigenvalue weighted by molar-refractivity contribution is 6.05. The number of hydrogen-bond acceptors (Lipinski definition) is 13. The molecule has 2 aromatic carbocycles. The van der Waals surface area contributed by atoms with Gasteiger partial charge < -0.3 is 39.1 Å². The van der Waals surface area contributed by atoms with Gasteiger partial charge in [-0.25, -0.2) is 9.97 Å². The number of aryl methyl sites for hydroxylation is 4. The number of allylic oxidation sites excluding steroid dienone is 2. The number of anilines is 2. The molecule has 0 saturated carbocycles. The maximum atomic E-state index is 13.9. The molecule has 21 heteroatoms. The van der Waals surface area contributed by atoms with E-state index in [2.05, 4.69) is 45.8 Å². The van der Waals surface area contributed by atoms with Crippen molar-refractivity contribution in [3.63, 3.8) is 0 Å². The molecule has 9 rings (SSSR count). The summed E-state index contributed by atoms with van der Waals surface area (Å²) in [5.41, 5.74) is 10.7. The smallest absolute Gasteiger partial charge is 0.276 e. The number of piperidine rings is 1. The Balaban J connectivity index is 0.974. The van der Waals surface area contributed by atoms with Gasteiger partial charge in [0, 0.05) is 57.3 Å². The largest absolute Gasteiger partial charge is 0.494 e. The fourth-order valence-electron chi connectivity index (χ4n) is 9.28. The molecular weight excluding hydrogens is 869 g/mol. The van der Waals surface area contributed by atoms with Crippen LogP contribution in [0, 0.1) is 13.8 Å². The van der Waals surface area contributed by atoms with E-state index in [-0.39, 0.29) is 30.5 Å². The molecule has 2 aliphatic heterocycles. The van der Waals surface area contributed by atoms with Crippen LogP contribution >= 0.6 is 0 Å². The molecule has 21 nitrogen and oxygen atoms in total. The summed E-state index contributed by atoms with van der Waals surface area (Å²) in [6.07, 6.45) is 6.63. The molecular formula is C47H58N16O5. The number of amides is 3. The number of rotatable bonds is 18. The van der Waals surface area contributed by atoms with Gasteiger partial charge in [-0.15, -0.1) is 10.2 Å². The van der Waals surface area contributed by atoms with Crippen LogP contribution in [0.3, 0.4) is 0 Å². The number of para-hydroxylation sites is 1. The van der Waals surface area contributed by atoms with Gasteiger partial charge in [-0.1, -0.05) is 18.2 Å². The number of nitrogens with one attached hydrogen (secondary N) is 3. The lowest BCUT2D eigenvalue weighted by atomic mass is 9.95. The number of methoxy groups -OCH3 is 1. The molecule has 5 aromatic heterocycles. The van der Waals surface area contributed by atoms with Gasteiger partial charge in [0.05, 0.1) is 42.7 Å². The molecule has 1 fully saturated rings. The van der Waals surface area contributed by atoms with Crippen molar-refractivity contribution >= 4 is 51.7 Å². The summed E-state index contributed by atoms with van der Waals surface area (Å²) < 4.78 is 21.6. The summed E-state index contributed by atoms with van der Waals surface area (Å²) in [7, 11) is 1.59. The second-order valence-corrected chi connectivity index (χ2v) is 17.1. The van der Waals surface area contributed by atoms with Gasteiger partial charge in [0.15, 0.2) is 0 Å². The number of carbonyl (C=O) groups excluding carboxylic acids is 3. The predicted molar refractivity (Wildman–Crippen MR) is 255 cm³/mol. The van der Waals surface area contributed by atoms with Crippen molar-refractivity contribution in [2.75, 3.05) is 50.5 Å². The summed E-state index contributed by atoms with van der Waals surface area (Å²) in [6.45, 7) is 14.7. The SMILES string of the molecule is CCn1nc(C)cc1C(=O)Nc1nc2cccc(OC)c2n1C/C=C/Cn1c(NC(=O)c2cc(C)nn2CC)nc2cc(C(N)=O)cc(OCCCN3CCC(c4nnc5n4CCNC5)CC3)c21. The summed E-state index contributed by atoms with van der Waals surface area (Å²) >= 11 is 0. The second-order valence-electron chi connectivity index (χ2n) is 17.1. The minimum absolute atomic E-state index is 0.228. The lowest BCUT2D eigenvalue weighted by Gasteiger charge is -2.32. The van der Waals surface area contributed by atoms with E-state index in [9.17, 15) is 14.4 Å². The lowest BCUT2D eigenvalue weighted by molar-refractivity contribution is 0.0994. The molecule has 356 valence electrons. The Hall–Kier alpha value is -7.39. The third-order valence-electron chi connectivity index (χ3n) is 12.6.